The van der Waals surface area contributed by atoms with Crippen LogP contribution in [-0.4, -0.2) is 46.3 Å². The van der Waals surface area contributed by atoms with Crippen molar-refractivity contribution in [2.45, 2.75) is 63.2 Å². The molecule has 1 aromatic heterocycles. The minimum atomic E-state index is -1.23. The quantitative estimate of drug-likeness (QED) is 0.627. The molecule has 2 fully saturated rings. The number of phenolic OH excluding ortho intramolecular Hbond substituents is 1. The number of aromatic nitrogens is 2. The van der Waals surface area contributed by atoms with E-state index in [1.165, 1.54) is 12.0 Å². The highest BCUT2D eigenvalue weighted by Gasteiger charge is 2.44. The number of anilines is 3. The van der Waals surface area contributed by atoms with Crippen molar-refractivity contribution in [3.05, 3.63) is 29.5 Å². The number of hydrogen-bond donors (Lipinski definition) is 3. The highest BCUT2D eigenvalue weighted by atomic mass is 19.1. The largest absolute Gasteiger partial charge is 0.505 e. The van der Waals surface area contributed by atoms with Gasteiger partial charge in [-0.05, 0) is 38.5 Å². The van der Waals surface area contributed by atoms with E-state index in [1.54, 1.807) is 6.20 Å². The number of rotatable bonds is 5. The number of methoxy groups -OCH3 is 1. The van der Waals surface area contributed by atoms with Gasteiger partial charge in [-0.1, -0.05) is 0 Å². The van der Waals surface area contributed by atoms with Crippen molar-refractivity contribution in [3.63, 3.8) is 0 Å². The van der Waals surface area contributed by atoms with E-state index in [0.717, 1.165) is 49.5 Å². The third-order valence-corrected chi connectivity index (χ3v) is 6.47. The molecule has 0 bridgehead atoms. The van der Waals surface area contributed by atoms with Crippen LogP contribution in [0.2, 0.25) is 0 Å². The van der Waals surface area contributed by atoms with Gasteiger partial charge < -0.3 is 20.9 Å². The van der Waals surface area contributed by atoms with Gasteiger partial charge in [-0.3, -0.25) is 9.80 Å². The van der Waals surface area contributed by atoms with Gasteiger partial charge in [-0.2, -0.15) is 4.98 Å². The Bertz CT molecular complexity index is 1090. The number of amides is 2. The first-order valence-electron chi connectivity index (χ1n) is 11.1. The number of hydrogen-bond acceptors (Lipinski definition) is 7. The summed E-state index contributed by atoms with van der Waals surface area (Å²) in [6.07, 6.45) is 6.78. The van der Waals surface area contributed by atoms with Gasteiger partial charge in [0.05, 0.1) is 13.7 Å². The Morgan fingerprint density at radius 3 is 2.58 bits per heavy atom. The van der Waals surface area contributed by atoms with Crippen LogP contribution in [0.25, 0.3) is 0 Å². The second-order valence-corrected chi connectivity index (χ2v) is 8.84. The van der Waals surface area contributed by atoms with E-state index in [4.69, 9.17) is 10.5 Å². The van der Waals surface area contributed by atoms with E-state index < -0.39 is 29.1 Å². The molecule has 1 aromatic carbocycles. The monoisotopic (exact) mass is 460 g/mol. The number of nitrogens with two attached hydrogens (primary N) is 1. The van der Waals surface area contributed by atoms with Crippen LogP contribution < -0.4 is 25.6 Å². The molecule has 0 saturated heterocycles. The molecular weight excluding hydrogens is 434 g/mol. The Labute approximate surface area is 189 Å². The smallest absolute Gasteiger partial charge is 0.330 e. The summed E-state index contributed by atoms with van der Waals surface area (Å²) in [6, 6.07) is 0.548. The van der Waals surface area contributed by atoms with Crippen molar-refractivity contribution in [1.82, 2.24) is 9.97 Å². The second-order valence-electron chi connectivity index (χ2n) is 8.84. The van der Waals surface area contributed by atoms with Crippen molar-refractivity contribution in [1.29, 1.82) is 0 Å². The van der Waals surface area contributed by atoms with E-state index >= 15 is 4.39 Å². The second kappa shape index (κ2) is 8.29. The summed E-state index contributed by atoms with van der Waals surface area (Å²) < 4.78 is 34.7. The van der Waals surface area contributed by atoms with Crippen molar-refractivity contribution in [2.24, 2.45) is 5.73 Å². The Balaban J connectivity index is 1.49. The average Bonchev–Trinajstić information content (AvgIpc) is 3.63. The number of nitrogens with zero attached hydrogens (tertiary/aromatic N) is 4. The van der Waals surface area contributed by atoms with Crippen LogP contribution in [0.1, 0.15) is 44.1 Å². The number of nitrogens with one attached hydrogen (secondary N) is 1. The summed E-state index contributed by atoms with van der Waals surface area (Å²) >= 11 is 0. The fourth-order valence-corrected chi connectivity index (χ4v) is 4.50. The van der Waals surface area contributed by atoms with Crippen LogP contribution in [0.5, 0.6) is 11.5 Å². The minimum absolute atomic E-state index is 0.111. The standard InChI is InChI=1S/C22H26F2N6O3/c1-33-16-8-15(31)17(23)19(18(16)24)29-10-11-9-26-21(27-13-4-2-12(25)3-5-13)28-20(11)30(22(29)32)14-6-7-14/h8-9,12-14,31H,2-7,10,25H2,1H3,(H,26,27,28). The van der Waals surface area contributed by atoms with E-state index in [-0.39, 0.29) is 30.4 Å². The molecule has 0 atom stereocenters. The van der Waals surface area contributed by atoms with Crippen LogP contribution >= 0.6 is 0 Å². The topological polar surface area (TPSA) is 117 Å². The lowest BCUT2D eigenvalue weighted by Gasteiger charge is -2.36. The van der Waals surface area contributed by atoms with E-state index in [2.05, 4.69) is 15.3 Å². The fourth-order valence-electron chi connectivity index (χ4n) is 4.50. The number of benzene rings is 1. The predicted molar refractivity (Wildman–Crippen MR) is 118 cm³/mol. The normalized spacial score (nSPS) is 22.8. The van der Waals surface area contributed by atoms with Crippen LogP contribution in [0.3, 0.4) is 0 Å². The lowest BCUT2D eigenvalue weighted by molar-refractivity contribution is 0.249. The Hall–Kier alpha value is -3.21. The number of aromatic hydroxyl groups is 1. The SMILES string of the molecule is COc1cc(O)c(F)c(N2Cc3cnc(NC4CCC(N)CC4)nc3N(C3CC3)C2=O)c1F. The lowest BCUT2D eigenvalue weighted by atomic mass is 9.92. The maximum atomic E-state index is 15.0. The molecule has 2 amide bonds. The van der Waals surface area contributed by atoms with Gasteiger partial charge in [0.2, 0.25) is 5.95 Å². The van der Waals surface area contributed by atoms with Crippen molar-refractivity contribution < 1.29 is 23.4 Å². The van der Waals surface area contributed by atoms with Crippen molar-refractivity contribution in [2.75, 3.05) is 22.2 Å². The number of halogens is 2. The van der Waals surface area contributed by atoms with Gasteiger partial charge in [0.1, 0.15) is 11.5 Å². The molecule has 176 valence electrons. The molecule has 9 nitrogen and oxygen atoms in total. The van der Waals surface area contributed by atoms with E-state index in [0.29, 0.717) is 17.3 Å². The number of carbonyl (C=O) groups excluding carboxylic acids is 1. The molecule has 3 aliphatic rings. The Morgan fingerprint density at radius 2 is 1.91 bits per heavy atom. The first-order chi connectivity index (χ1) is 15.9. The number of urea groups is 1. The number of carbonyl (C=O) groups is 1. The lowest BCUT2D eigenvalue weighted by Crippen LogP contribution is -2.49. The molecule has 0 unspecified atom stereocenters. The summed E-state index contributed by atoms with van der Waals surface area (Å²) in [7, 11) is 1.20. The van der Waals surface area contributed by atoms with Crippen molar-refractivity contribution in [3.8, 4) is 11.5 Å². The first-order valence-corrected chi connectivity index (χ1v) is 11.1. The zero-order valence-electron chi connectivity index (χ0n) is 18.2. The van der Waals surface area contributed by atoms with Crippen LogP contribution in [0.15, 0.2) is 12.3 Å². The molecule has 2 saturated carbocycles. The third kappa shape index (κ3) is 3.90. The number of ether oxygens (including phenoxy) is 1. The Morgan fingerprint density at radius 1 is 1.18 bits per heavy atom. The van der Waals surface area contributed by atoms with Crippen LogP contribution in [-0.2, 0) is 6.54 Å². The maximum Gasteiger partial charge on any atom is 0.330 e. The summed E-state index contributed by atoms with van der Waals surface area (Å²) in [4.78, 5) is 24.9. The van der Waals surface area contributed by atoms with E-state index in [1.807, 2.05) is 0 Å². The van der Waals surface area contributed by atoms with Crippen molar-refractivity contribution >= 4 is 23.5 Å². The van der Waals surface area contributed by atoms with Crippen LogP contribution in [0, 0.1) is 11.6 Å². The molecule has 2 aromatic rings. The fraction of sp³-hybridized carbons (Fsp3) is 0.500. The average molecular weight is 460 g/mol. The molecule has 11 heteroatoms. The van der Waals surface area contributed by atoms with Gasteiger partial charge in [0, 0.05) is 36.0 Å². The molecule has 2 heterocycles. The molecular formula is C22H26F2N6O3. The first kappa shape index (κ1) is 21.6. The molecule has 2 aliphatic carbocycles. The highest BCUT2D eigenvalue weighted by molar-refractivity contribution is 6.06. The third-order valence-electron chi connectivity index (χ3n) is 6.47. The van der Waals surface area contributed by atoms with Gasteiger partial charge in [0.15, 0.2) is 23.1 Å². The van der Waals surface area contributed by atoms with Gasteiger partial charge in [-0.15, -0.1) is 0 Å². The van der Waals surface area contributed by atoms with Gasteiger partial charge >= 0.3 is 6.03 Å². The highest BCUT2D eigenvalue weighted by Crippen LogP contribution is 2.43. The summed E-state index contributed by atoms with van der Waals surface area (Å²) in [5.74, 6) is -2.59. The maximum absolute atomic E-state index is 15.0. The van der Waals surface area contributed by atoms with E-state index in [9.17, 15) is 14.3 Å². The molecule has 1 aliphatic heterocycles. The minimum Gasteiger partial charge on any atom is -0.505 e. The summed E-state index contributed by atoms with van der Waals surface area (Å²) in [5, 5.41) is 13.3. The predicted octanol–water partition coefficient (Wildman–Crippen LogP) is 3.26. The zero-order valence-corrected chi connectivity index (χ0v) is 18.2. The molecule has 4 N–H and O–H groups in total. The zero-order chi connectivity index (χ0) is 23.3. The summed E-state index contributed by atoms with van der Waals surface area (Å²) in [5.41, 5.74) is 5.88. The number of phenols is 1. The van der Waals surface area contributed by atoms with Gasteiger partial charge in [-0.25, -0.2) is 18.6 Å². The summed E-state index contributed by atoms with van der Waals surface area (Å²) in [6.45, 7) is -0.142. The molecule has 5 rings (SSSR count). The van der Waals surface area contributed by atoms with Gasteiger partial charge in [0.25, 0.3) is 0 Å². The number of fused-ring (bicyclic) bond motifs is 1. The molecule has 0 spiro atoms. The molecule has 0 radical (unpaired) electrons. The van der Waals surface area contributed by atoms with Crippen LogP contribution in [0.4, 0.5) is 31.0 Å². The molecule has 33 heavy (non-hydrogen) atoms. The Kier molecular flexibility index (Phi) is 5.43.